The minimum atomic E-state index is -0.875. The van der Waals surface area contributed by atoms with Gasteiger partial charge in [0.2, 0.25) is 0 Å². The number of piperazine rings is 1. The molecule has 1 atom stereocenters. The van der Waals surface area contributed by atoms with E-state index >= 15 is 0 Å². The van der Waals surface area contributed by atoms with E-state index in [-0.39, 0.29) is 11.7 Å². The Hall–Kier alpha value is -2.54. The number of amides is 1. The Labute approximate surface area is 157 Å². The summed E-state index contributed by atoms with van der Waals surface area (Å²) in [7, 11) is 0. The Balaban J connectivity index is 1.61. The molecule has 0 unspecified atom stereocenters. The van der Waals surface area contributed by atoms with Crippen molar-refractivity contribution in [1.29, 1.82) is 0 Å². The van der Waals surface area contributed by atoms with E-state index in [0.29, 0.717) is 26.2 Å². The molecule has 1 aliphatic heterocycles. The predicted octanol–water partition coefficient (Wildman–Crippen LogP) is 2.56. The third-order valence-corrected chi connectivity index (χ3v) is 5.62. The third-order valence-electron chi connectivity index (χ3n) is 5.62. The number of aryl methyl sites for hydroxylation is 1. The van der Waals surface area contributed by atoms with Crippen LogP contribution >= 0.6 is 0 Å². The minimum absolute atomic E-state index is 0.00949. The average molecular weight is 370 g/mol. The number of carboxylic acid groups (broad SMARTS) is 1. The Morgan fingerprint density at radius 2 is 2.04 bits per heavy atom. The summed E-state index contributed by atoms with van der Waals surface area (Å²) in [5.41, 5.74) is 3.02. The van der Waals surface area contributed by atoms with Crippen LogP contribution in [0.25, 0.3) is 16.7 Å². The molecule has 4 rings (SSSR count). The van der Waals surface area contributed by atoms with Gasteiger partial charge in [0.25, 0.3) is 0 Å². The Bertz CT molecular complexity index is 927. The molecule has 1 aromatic carbocycles. The van der Waals surface area contributed by atoms with Crippen molar-refractivity contribution in [2.45, 2.75) is 44.7 Å². The van der Waals surface area contributed by atoms with E-state index < -0.39 is 6.09 Å². The van der Waals surface area contributed by atoms with E-state index in [1.54, 1.807) is 0 Å². The monoisotopic (exact) mass is 370 g/mol. The molecule has 27 heavy (non-hydrogen) atoms. The van der Waals surface area contributed by atoms with Gasteiger partial charge >= 0.3 is 11.8 Å². The van der Waals surface area contributed by atoms with Gasteiger partial charge in [0.1, 0.15) is 0 Å². The van der Waals surface area contributed by atoms with Crippen LogP contribution in [-0.2, 0) is 6.54 Å². The summed E-state index contributed by atoms with van der Waals surface area (Å²) in [6.07, 6.45) is 6.30. The zero-order chi connectivity index (χ0) is 18.8. The molecule has 1 aromatic heterocycles. The van der Waals surface area contributed by atoms with Gasteiger partial charge < -0.3 is 15.3 Å². The molecule has 144 valence electrons. The molecule has 2 aromatic rings. The molecule has 2 heterocycles. The average Bonchev–Trinajstić information content (AvgIpc) is 2.98. The largest absolute Gasteiger partial charge is 0.465 e. The SMILES string of the molecule is O=C(O)N1CCN[C@H](CCn2c(=O)n(C3=CCCCC3)c3ccccc32)C1. The van der Waals surface area contributed by atoms with Crippen LogP contribution in [0.1, 0.15) is 32.1 Å². The smallest absolute Gasteiger partial charge is 0.407 e. The number of imidazole rings is 1. The molecule has 2 aliphatic rings. The van der Waals surface area contributed by atoms with Crippen LogP contribution < -0.4 is 11.0 Å². The number of nitrogens with zero attached hydrogens (tertiary/aromatic N) is 3. The van der Waals surface area contributed by atoms with Crippen LogP contribution in [0.3, 0.4) is 0 Å². The van der Waals surface area contributed by atoms with Gasteiger partial charge in [-0.05, 0) is 44.2 Å². The molecule has 1 fully saturated rings. The van der Waals surface area contributed by atoms with Crippen molar-refractivity contribution >= 4 is 22.8 Å². The fourth-order valence-electron chi connectivity index (χ4n) is 4.20. The highest BCUT2D eigenvalue weighted by molar-refractivity contribution is 5.80. The first-order chi connectivity index (χ1) is 13.1. The summed E-state index contributed by atoms with van der Waals surface area (Å²) in [5, 5.41) is 12.6. The van der Waals surface area contributed by atoms with E-state index in [9.17, 15) is 14.7 Å². The normalized spacial score (nSPS) is 20.7. The van der Waals surface area contributed by atoms with E-state index in [0.717, 1.165) is 42.4 Å². The van der Waals surface area contributed by atoms with E-state index in [2.05, 4.69) is 11.4 Å². The van der Waals surface area contributed by atoms with Crippen molar-refractivity contribution in [3.8, 4) is 0 Å². The number of hydrogen-bond acceptors (Lipinski definition) is 3. The summed E-state index contributed by atoms with van der Waals surface area (Å²) in [4.78, 5) is 25.9. The van der Waals surface area contributed by atoms with Gasteiger partial charge in [0, 0.05) is 37.9 Å². The van der Waals surface area contributed by atoms with Crippen molar-refractivity contribution in [3.05, 3.63) is 40.8 Å². The number of carbonyl (C=O) groups is 1. The van der Waals surface area contributed by atoms with Crippen LogP contribution in [0.5, 0.6) is 0 Å². The molecule has 0 radical (unpaired) electrons. The number of allylic oxidation sites excluding steroid dienone is 2. The first-order valence-corrected chi connectivity index (χ1v) is 9.76. The topological polar surface area (TPSA) is 79.5 Å². The molecule has 0 saturated carbocycles. The molecular formula is C20H26N4O3. The molecule has 7 heteroatoms. The lowest BCUT2D eigenvalue weighted by molar-refractivity contribution is 0.127. The molecule has 1 amide bonds. The fourth-order valence-corrected chi connectivity index (χ4v) is 4.20. The zero-order valence-electron chi connectivity index (χ0n) is 15.4. The predicted molar refractivity (Wildman–Crippen MR) is 105 cm³/mol. The van der Waals surface area contributed by atoms with Crippen molar-refractivity contribution in [2.75, 3.05) is 19.6 Å². The molecule has 2 N–H and O–H groups in total. The molecule has 0 spiro atoms. The molecule has 1 aliphatic carbocycles. The van der Waals surface area contributed by atoms with Crippen LogP contribution in [0.2, 0.25) is 0 Å². The maximum absolute atomic E-state index is 13.2. The quantitative estimate of drug-likeness (QED) is 0.867. The van der Waals surface area contributed by atoms with Gasteiger partial charge in [-0.15, -0.1) is 0 Å². The maximum atomic E-state index is 13.2. The van der Waals surface area contributed by atoms with Crippen LogP contribution in [-0.4, -0.2) is 50.9 Å². The van der Waals surface area contributed by atoms with E-state index in [1.807, 2.05) is 33.4 Å². The van der Waals surface area contributed by atoms with Crippen LogP contribution in [0, 0.1) is 0 Å². The van der Waals surface area contributed by atoms with Gasteiger partial charge in [-0.1, -0.05) is 18.2 Å². The van der Waals surface area contributed by atoms with Gasteiger partial charge in [0.15, 0.2) is 0 Å². The molecule has 0 bridgehead atoms. The summed E-state index contributed by atoms with van der Waals surface area (Å²) in [5.74, 6) is 0. The highest BCUT2D eigenvalue weighted by Gasteiger charge is 2.23. The van der Waals surface area contributed by atoms with Gasteiger partial charge in [-0.25, -0.2) is 9.59 Å². The second kappa shape index (κ2) is 7.60. The first kappa shape index (κ1) is 17.9. The number of rotatable bonds is 4. The minimum Gasteiger partial charge on any atom is -0.465 e. The van der Waals surface area contributed by atoms with Crippen molar-refractivity contribution in [2.24, 2.45) is 0 Å². The van der Waals surface area contributed by atoms with E-state index in [4.69, 9.17) is 0 Å². The van der Waals surface area contributed by atoms with E-state index in [1.165, 1.54) is 11.3 Å². The van der Waals surface area contributed by atoms with Crippen molar-refractivity contribution in [1.82, 2.24) is 19.4 Å². The van der Waals surface area contributed by atoms with Gasteiger partial charge in [-0.3, -0.25) is 9.13 Å². The van der Waals surface area contributed by atoms with Gasteiger partial charge in [-0.2, -0.15) is 0 Å². The molecule has 7 nitrogen and oxygen atoms in total. The second-order valence-corrected chi connectivity index (χ2v) is 7.37. The highest BCUT2D eigenvalue weighted by Crippen LogP contribution is 2.25. The fraction of sp³-hybridized carbons (Fsp3) is 0.500. The number of benzene rings is 1. The Morgan fingerprint density at radius 1 is 1.22 bits per heavy atom. The lowest BCUT2D eigenvalue weighted by Gasteiger charge is -2.31. The molecule has 1 saturated heterocycles. The maximum Gasteiger partial charge on any atom is 0.407 e. The van der Waals surface area contributed by atoms with Gasteiger partial charge in [0.05, 0.1) is 11.0 Å². The lowest BCUT2D eigenvalue weighted by atomic mass is 10.0. The zero-order valence-corrected chi connectivity index (χ0v) is 15.4. The third kappa shape index (κ3) is 3.51. The first-order valence-electron chi connectivity index (χ1n) is 9.76. The standard InChI is InChI=1S/C20H26N4O3/c25-19-23(12-10-15-14-22(20(26)27)13-11-21-15)17-8-4-5-9-18(17)24(19)16-6-2-1-3-7-16/h4-6,8-9,15,21H,1-3,7,10-14H2,(H,26,27)/t15-/m1/s1. The number of para-hydroxylation sites is 2. The number of aromatic nitrogens is 2. The highest BCUT2D eigenvalue weighted by atomic mass is 16.4. The Kier molecular flexibility index (Phi) is 5.03. The number of fused-ring (bicyclic) bond motifs is 1. The summed E-state index contributed by atoms with van der Waals surface area (Å²) < 4.78 is 3.71. The molecular weight excluding hydrogens is 344 g/mol. The lowest BCUT2D eigenvalue weighted by Crippen LogP contribution is -2.52. The summed E-state index contributed by atoms with van der Waals surface area (Å²) >= 11 is 0. The summed E-state index contributed by atoms with van der Waals surface area (Å²) in [6.45, 7) is 2.21. The van der Waals surface area contributed by atoms with Crippen LogP contribution in [0.4, 0.5) is 4.79 Å². The second-order valence-electron chi connectivity index (χ2n) is 7.37. The van der Waals surface area contributed by atoms with Crippen molar-refractivity contribution in [3.63, 3.8) is 0 Å². The summed E-state index contributed by atoms with van der Waals surface area (Å²) in [6, 6.07) is 8.00. The van der Waals surface area contributed by atoms with Crippen LogP contribution in [0.15, 0.2) is 35.1 Å². The number of hydrogen-bond donors (Lipinski definition) is 2. The number of nitrogens with one attached hydrogen (secondary N) is 1. The Morgan fingerprint density at radius 3 is 2.78 bits per heavy atom. The van der Waals surface area contributed by atoms with Crippen molar-refractivity contribution < 1.29 is 9.90 Å².